The number of hydrogen-bond donors (Lipinski definition) is 4. The highest BCUT2D eigenvalue weighted by molar-refractivity contribution is 6.35. The molecular weight excluding hydrogens is 603 g/mol. The highest BCUT2D eigenvalue weighted by Gasteiger charge is 2.59. The van der Waals surface area contributed by atoms with Crippen LogP contribution in [0.25, 0.3) is 21.7 Å². The second-order valence-electron chi connectivity index (χ2n) is 12.5. The quantitative estimate of drug-likeness (QED) is 0.113. The molecule has 8 nitrogen and oxygen atoms in total. The number of methoxy groups -OCH3 is 1. The van der Waals surface area contributed by atoms with E-state index >= 15 is 4.39 Å². The molecule has 1 saturated carbocycles. The van der Waals surface area contributed by atoms with Crippen LogP contribution >= 0.6 is 11.6 Å². The summed E-state index contributed by atoms with van der Waals surface area (Å²) in [5, 5.41) is 10.2. The Morgan fingerprint density at radius 1 is 1.16 bits per heavy atom. The minimum atomic E-state index is -2.74. The summed E-state index contributed by atoms with van der Waals surface area (Å²) in [6.45, 7) is 6.94. The van der Waals surface area contributed by atoms with Crippen LogP contribution in [0.1, 0.15) is 50.8 Å². The van der Waals surface area contributed by atoms with Crippen LogP contribution in [-0.4, -0.2) is 40.6 Å². The van der Waals surface area contributed by atoms with Gasteiger partial charge in [0.05, 0.1) is 34.9 Å². The zero-order valence-corrected chi connectivity index (χ0v) is 26.0. The van der Waals surface area contributed by atoms with Crippen LogP contribution < -0.4 is 26.3 Å². The average Bonchev–Trinajstić information content (AvgIpc) is 3.73. The molecule has 1 atom stereocenters. The minimum Gasteiger partial charge on any atom is -0.481 e. The molecule has 2 aromatic heterocycles. The first kappa shape index (κ1) is 30.6. The predicted octanol–water partition coefficient (Wildman–Crippen LogP) is 7.30. The monoisotopic (exact) mass is 635 g/mol. The number of nitrogens with zero attached hydrogens (tertiary/aromatic N) is 3. The van der Waals surface area contributed by atoms with E-state index in [9.17, 15) is 8.78 Å². The van der Waals surface area contributed by atoms with Crippen molar-refractivity contribution in [3.8, 4) is 18.2 Å². The van der Waals surface area contributed by atoms with Crippen LogP contribution in [0.4, 0.5) is 24.5 Å². The fourth-order valence-electron chi connectivity index (χ4n) is 5.59. The maximum Gasteiger partial charge on any atom is 0.263 e. The predicted molar refractivity (Wildman–Crippen MR) is 172 cm³/mol. The van der Waals surface area contributed by atoms with Crippen LogP contribution in [0.3, 0.4) is 0 Å². The van der Waals surface area contributed by atoms with Gasteiger partial charge in [-0.05, 0) is 53.5 Å². The van der Waals surface area contributed by atoms with Gasteiger partial charge in [0.25, 0.3) is 6.43 Å². The molecule has 12 heteroatoms. The van der Waals surface area contributed by atoms with E-state index in [2.05, 4.69) is 58.3 Å². The Balaban J connectivity index is 1.51. The van der Waals surface area contributed by atoms with Gasteiger partial charge in [0.2, 0.25) is 11.8 Å². The summed E-state index contributed by atoms with van der Waals surface area (Å²) in [4.78, 5) is 8.82. The van der Waals surface area contributed by atoms with Gasteiger partial charge in [0, 0.05) is 35.4 Å². The number of rotatable bonds is 9. The first-order valence-corrected chi connectivity index (χ1v) is 14.9. The summed E-state index contributed by atoms with van der Waals surface area (Å²) in [5.74, 6) is 2.26. The Bertz CT molecular complexity index is 1860. The van der Waals surface area contributed by atoms with E-state index in [1.807, 2.05) is 24.3 Å². The number of pyridine rings is 2. The standard InChI is InChI=1S/C33H33ClF3N7O/c1-6-18-16-39-26-23(25(18)40-17-32(2,3)4)14-19(15-24(26)34)41-27(21-8-7-9-22-20(21)10-13-38-30(22)45-5)28-29(35)44(43-42-28)33(11-12-33)31(36)37/h1,7-10,13-16,27,31,41-43H,11-12,17H2,2-5H3,(H,39,40)/t27-/m0/s1. The molecule has 0 saturated heterocycles. The molecule has 2 aliphatic rings. The Morgan fingerprint density at radius 2 is 1.93 bits per heavy atom. The normalized spacial score (nSPS) is 16.6. The first-order valence-electron chi connectivity index (χ1n) is 14.5. The number of ether oxygens (including phenoxy) is 1. The number of terminal acetylenes is 1. The zero-order valence-electron chi connectivity index (χ0n) is 25.2. The highest BCUT2D eigenvalue weighted by Crippen LogP contribution is 2.50. The number of alkyl halides is 2. The van der Waals surface area contributed by atoms with Crippen molar-refractivity contribution in [1.29, 1.82) is 0 Å². The number of halogens is 4. The van der Waals surface area contributed by atoms with E-state index in [0.29, 0.717) is 56.2 Å². The zero-order chi connectivity index (χ0) is 32.1. The highest BCUT2D eigenvalue weighted by atomic mass is 35.5. The lowest BCUT2D eigenvalue weighted by atomic mass is 9.96. The Morgan fingerprint density at radius 3 is 2.60 bits per heavy atom. The van der Waals surface area contributed by atoms with Gasteiger partial charge < -0.3 is 20.8 Å². The second kappa shape index (κ2) is 11.5. The van der Waals surface area contributed by atoms with Gasteiger partial charge in [-0.15, -0.1) is 12.0 Å². The van der Waals surface area contributed by atoms with Crippen molar-refractivity contribution < 1.29 is 17.9 Å². The molecular formula is C33H33ClF3N7O. The third-order valence-corrected chi connectivity index (χ3v) is 8.41. The maximum absolute atomic E-state index is 16.2. The number of benzene rings is 2. The van der Waals surface area contributed by atoms with E-state index < -0.39 is 24.0 Å². The van der Waals surface area contributed by atoms with E-state index in [1.54, 1.807) is 24.5 Å². The molecule has 4 aromatic rings. The van der Waals surface area contributed by atoms with Gasteiger partial charge in [0.1, 0.15) is 11.2 Å². The molecule has 234 valence electrons. The lowest BCUT2D eigenvalue weighted by Crippen LogP contribution is -2.49. The summed E-state index contributed by atoms with van der Waals surface area (Å²) in [6.07, 6.45) is 6.62. The van der Waals surface area contributed by atoms with E-state index in [4.69, 9.17) is 22.8 Å². The number of hydrogen-bond acceptors (Lipinski definition) is 8. The molecule has 1 fully saturated rings. The molecule has 1 aliphatic carbocycles. The molecule has 0 spiro atoms. The van der Waals surface area contributed by atoms with Crippen molar-refractivity contribution in [2.45, 2.75) is 51.6 Å². The SMILES string of the molecule is C#Cc1cnc2c(Cl)cc(N[C@H](C3=C(F)N(C4(C(F)F)CC4)NN3)c3cccc4c(OC)nccc34)cc2c1NCC(C)(C)C. The van der Waals surface area contributed by atoms with Crippen LogP contribution in [0.2, 0.25) is 5.02 Å². The van der Waals surface area contributed by atoms with Gasteiger partial charge in [0.15, 0.2) is 0 Å². The summed E-state index contributed by atoms with van der Waals surface area (Å²) in [5.41, 5.74) is 6.84. The first-order chi connectivity index (χ1) is 21.5. The molecule has 2 aromatic carbocycles. The topological polar surface area (TPSA) is 86.4 Å². The Labute approximate surface area is 264 Å². The molecule has 0 unspecified atom stereocenters. The summed E-state index contributed by atoms with van der Waals surface area (Å²) < 4.78 is 49.8. The smallest absolute Gasteiger partial charge is 0.263 e. The van der Waals surface area contributed by atoms with E-state index in [0.717, 1.165) is 10.4 Å². The van der Waals surface area contributed by atoms with Gasteiger partial charge in [-0.3, -0.25) is 9.99 Å². The van der Waals surface area contributed by atoms with Gasteiger partial charge in [-0.25, -0.2) is 13.8 Å². The van der Waals surface area contributed by atoms with Gasteiger partial charge >= 0.3 is 0 Å². The molecule has 1 aliphatic heterocycles. The maximum atomic E-state index is 16.2. The molecule has 4 N–H and O–H groups in total. The fourth-order valence-corrected chi connectivity index (χ4v) is 5.86. The summed E-state index contributed by atoms with van der Waals surface area (Å²) in [6, 6.07) is 9.94. The lowest BCUT2D eigenvalue weighted by molar-refractivity contribution is -0.00954. The number of hydrazine groups is 2. The fraction of sp³-hybridized carbons (Fsp3) is 0.333. The summed E-state index contributed by atoms with van der Waals surface area (Å²) in [7, 11) is 1.52. The summed E-state index contributed by atoms with van der Waals surface area (Å²) >= 11 is 6.79. The Hall–Kier alpha value is -4.40. The third-order valence-electron chi connectivity index (χ3n) is 8.12. The largest absolute Gasteiger partial charge is 0.481 e. The van der Waals surface area contributed by atoms with Crippen molar-refractivity contribution >= 4 is 44.7 Å². The van der Waals surface area contributed by atoms with Crippen LogP contribution in [-0.2, 0) is 0 Å². The molecule has 45 heavy (non-hydrogen) atoms. The number of aromatic nitrogens is 2. The second-order valence-corrected chi connectivity index (χ2v) is 12.9. The average molecular weight is 636 g/mol. The number of anilines is 2. The number of fused-ring (bicyclic) bond motifs is 2. The van der Waals surface area contributed by atoms with Gasteiger partial charge in [-0.1, -0.05) is 50.4 Å². The third kappa shape index (κ3) is 5.53. The molecule has 6 rings (SSSR count). The van der Waals surface area contributed by atoms with Crippen molar-refractivity contribution in [1.82, 2.24) is 25.9 Å². The minimum absolute atomic E-state index is 0.0306. The Kier molecular flexibility index (Phi) is 7.83. The van der Waals surface area contributed by atoms with Crippen molar-refractivity contribution in [3.63, 3.8) is 0 Å². The van der Waals surface area contributed by atoms with Crippen LogP contribution in [0, 0.1) is 17.8 Å². The van der Waals surface area contributed by atoms with Crippen molar-refractivity contribution in [2.75, 3.05) is 24.3 Å². The molecule has 3 heterocycles. The van der Waals surface area contributed by atoms with E-state index in [1.165, 1.54) is 7.11 Å². The molecule has 0 bridgehead atoms. The van der Waals surface area contributed by atoms with Crippen molar-refractivity contribution in [3.05, 3.63) is 76.6 Å². The van der Waals surface area contributed by atoms with Crippen LogP contribution in [0.5, 0.6) is 5.88 Å². The molecule has 0 amide bonds. The van der Waals surface area contributed by atoms with Crippen molar-refractivity contribution in [2.24, 2.45) is 5.41 Å². The van der Waals surface area contributed by atoms with E-state index in [-0.39, 0.29) is 24.0 Å². The van der Waals surface area contributed by atoms with Crippen LogP contribution in [0.15, 0.2) is 60.4 Å². The van der Waals surface area contributed by atoms with Gasteiger partial charge in [-0.2, -0.15) is 4.39 Å². The lowest BCUT2D eigenvalue weighted by Gasteiger charge is -2.26. The number of nitrogens with one attached hydrogen (secondary N) is 4. The molecule has 0 radical (unpaired) electrons.